The highest BCUT2D eigenvalue weighted by atomic mass is 16.5. The molecule has 2 heterocycles. The fourth-order valence-corrected chi connectivity index (χ4v) is 2.21. The Kier molecular flexibility index (Phi) is 3.31. The molecule has 0 aliphatic rings. The molecule has 106 valence electrons. The smallest absolute Gasteiger partial charge is 0.356 e. The number of pyridine rings is 1. The first-order valence-corrected chi connectivity index (χ1v) is 6.54. The van der Waals surface area contributed by atoms with Crippen LogP contribution in [0, 0.1) is 6.92 Å². The third-order valence-electron chi connectivity index (χ3n) is 3.29. The van der Waals surface area contributed by atoms with Crippen molar-refractivity contribution < 1.29 is 14.6 Å². The van der Waals surface area contributed by atoms with Crippen molar-refractivity contribution in [1.82, 2.24) is 9.38 Å². The molecule has 0 fully saturated rings. The summed E-state index contributed by atoms with van der Waals surface area (Å²) in [5, 5.41) is 9.15. The van der Waals surface area contributed by atoms with E-state index in [2.05, 4.69) is 4.98 Å². The van der Waals surface area contributed by atoms with Gasteiger partial charge in [0.15, 0.2) is 17.1 Å². The van der Waals surface area contributed by atoms with Gasteiger partial charge >= 0.3 is 5.97 Å². The maximum Gasteiger partial charge on any atom is 0.356 e. The van der Waals surface area contributed by atoms with E-state index in [1.54, 1.807) is 23.6 Å². The first-order chi connectivity index (χ1) is 10.2. The lowest BCUT2D eigenvalue weighted by Gasteiger charge is -2.07. The maximum absolute atomic E-state index is 11.2. The fraction of sp³-hybridized carbons (Fsp3) is 0.125. The van der Waals surface area contributed by atoms with Gasteiger partial charge in [-0.15, -0.1) is 0 Å². The van der Waals surface area contributed by atoms with E-state index in [4.69, 9.17) is 9.84 Å². The average Bonchev–Trinajstić information content (AvgIpc) is 2.84. The van der Waals surface area contributed by atoms with Crippen LogP contribution in [0.15, 0.2) is 48.7 Å². The molecular weight excluding hydrogens is 268 g/mol. The number of rotatable bonds is 4. The molecule has 0 atom stereocenters. The van der Waals surface area contributed by atoms with Gasteiger partial charge in [-0.1, -0.05) is 30.3 Å². The maximum atomic E-state index is 11.2. The van der Waals surface area contributed by atoms with Gasteiger partial charge in [0.05, 0.1) is 5.69 Å². The minimum absolute atomic E-state index is 0.0470. The zero-order chi connectivity index (χ0) is 14.8. The number of aromatic nitrogens is 2. The molecule has 0 aliphatic carbocycles. The van der Waals surface area contributed by atoms with Crippen LogP contribution in [0.3, 0.4) is 0 Å². The number of imidazole rings is 1. The molecule has 0 aliphatic heterocycles. The van der Waals surface area contributed by atoms with Crippen LogP contribution in [0.2, 0.25) is 0 Å². The number of benzene rings is 1. The predicted molar refractivity (Wildman–Crippen MR) is 77.7 cm³/mol. The molecule has 2 aromatic heterocycles. The van der Waals surface area contributed by atoms with Crippen molar-refractivity contribution in [3.63, 3.8) is 0 Å². The molecule has 0 radical (unpaired) electrons. The molecule has 0 saturated carbocycles. The number of aryl methyl sites for hydroxylation is 1. The molecule has 5 heteroatoms. The van der Waals surface area contributed by atoms with Gasteiger partial charge in [-0.3, -0.25) is 0 Å². The third-order valence-corrected chi connectivity index (χ3v) is 3.29. The van der Waals surface area contributed by atoms with Crippen molar-refractivity contribution in [1.29, 1.82) is 0 Å². The first kappa shape index (κ1) is 13.2. The summed E-state index contributed by atoms with van der Waals surface area (Å²) in [6, 6.07) is 13.4. The molecule has 0 spiro atoms. The van der Waals surface area contributed by atoms with E-state index in [1.807, 2.05) is 36.4 Å². The second kappa shape index (κ2) is 5.28. The topological polar surface area (TPSA) is 63.8 Å². The summed E-state index contributed by atoms with van der Waals surface area (Å²) in [6.07, 6.45) is 1.78. The first-order valence-electron chi connectivity index (χ1n) is 6.54. The van der Waals surface area contributed by atoms with Gasteiger partial charge in [0.2, 0.25) is 0 Å². The highest BCUT2D eigenvalue weighted by molar-refractivity contribution is 5.88. The van der Waals surface area contributed by atoms with Crippen LogP contribution >= 0.6 is 0 Å². The number of fused-ring (bicyclic) bond motifs is 1. The monoisotopic (exact) mass is 282 g/mol. The van der Waals surface area contributed by atoms with Crippen LogP contribution in [-0.2, 0) is 6.61 Å². The summed E-state index contributed by atoms with van der Waals surface area (Å²) < 4.78 is 7.50. The van der Waals surface area contributed by atoms with Crippen molar-refractivity contribution in [2.45, 2.75) is 13.5 Å². The number of ether oxygens (including phenoxy) is 1. The number of carboxylic acids is 1. The average molecular weight is 282 g/mol. The Morgan fingerprint density at radius 3 is 2.71 bits per heavy atom. The van der Waals surface area contributed by atoms with Gasteiger partial charge < -0.3 is 14.2 Å². The van der Waals surface area contributed by atoms with Gasteiger partial charge in [-0.05, 0) is 24.6 Å². The molecule has 21 heavy (non-hydrogen) atoms. The van der Waals surface area contributed by atoms with Crippen LogP contribution < -0.4 is 4.74 Å². The second-order valence-corrected chi connectivity index (χ2v) is 4.69. The zero-order valence-corrected chi connectivity index (χ0v) is 11.5. The van der Waals surface area contributed by atoms with Gasteiger partial charge in [-0.25, -0.2) is 9.78 Å². The minimum atomic E-state index is -1.04. The minimum Gasteiger partial charge on any atom is -0.485 e. The van der Waals surface area contributed by atoms with Crippen LogP contribution in [-0.4, -0.2) is 20.5 Å². The van der Waals surface area contributed by atoms with Gasteiger partial charge in [0.1, 0.15) is 6.61 Å². The van der Waals surface area contributed by atoms with E-state index in [9.17, 15) is 4.79 Å². The van der Waals surface area contributed by atoms with E-state index in [-0.39, 0.29) is 5.69 Å². The van der Waals surface area contributed by atoms with E-state index in [0.29, 0.717) is 23.7 Å². The number of hydrogen-bond acceptors (Lipinski definition) is 3. The van der Waals surface area contributed by atoms with E-state index < -0.39 is 5.97 Å². The van der Waals surface area contributed by atoms with Crippen molar-refractivity contribution in [2.24, 2.45) is 0 Å². The molecular formula is C16H14N2O3. The fourth-order valence-electron chi connectivity index (χ4n) is 2.21. The molecule has 0 unspecified atom stereocenters. The predicted octanol–water partition coefficient (Wildman–Crippen LogP) is 2.92. The summed E-state index contributed by atoms with van der Waals surface area (Å²) in [5.74, 6) is -0.470. The SMILES string of the molecule is Cc1c(C(=O)O)nc2c(OCc3ccccc3)cccn12. The van der Waals surface area contributed by atoms with Crippen molar-refractivity contribution in [3.8, 4) is 5.75 Å². The Labute approximate surface area is 121 Å². The highest BCUT2D eigenvalue weighted by Crippen LogP contribution is 2.22. The molecule has 1 N–H and O–H groups in total. The van der Waals surface area contributed by atoms with Crippen LogP contribution in [0.4, 0.5) is 0 Å². The van der Waals surface area contributed by atoms with Crippen molar-refractivity contribution in [2.75, 3.05) is 0 Å². The Balaban J connectivity index is 1.95. The largest absolute Gasteiger partial charge is 0.485 e. The summed E-state index contributed by atoms with van der Waals surface area (Å²) in [5.41, 5.74) is 2.19. The summed E-state index contributed by atoms with van der Waals surface area (Å²) >= 11 is 0. The van der Waals surface area contributed by atoms with Gasteiger partial charge in [0.25, 0.3) is 0 Å². The van der Waals surface area contributed by atoms with Gasteiger partial charge in [0, 0.05) is 6.20 Å². The Bertz CT molecular complexity index is 794. The van der Waals surface area contributed by atoms with Crippen LogP contribution in [0.5, 0.6) is 5.75 Å². The lowest BCUT2D eigenvalue weighted by Crippen LogP contribution is -1.99. The van der Waals surface area contributed by atoms with Crippen LogP contribution in [0.25, 0.3) is 5.65 Å². The Morgan fingerprint density at radius 1 is 1.24 bits per heavy atom. The lowest BCUT2D eigenvalue weighted by molar-refractivity contribution is 0.0690. The summed E-state index contributed by atoms with van der Waals surface area (Å²) in [6.45, 7) is 2.14. The molecule has 0 bridgehead atoms. The van der Waals surface area contributed by atoms with E-state index in [0.717, 1.165) is 5.56 Å². The number of carbonyl (C=O) groups is 1. The number of aromatic carboxylic acids is 1. The molecule has 0 saturated heterocycles. The summed E-state index contributed by atoms with van der Waals surface area (Å²) in [4.78, 5) is 15.3. The van der Waals surface area contributed by atoms with Crippen molar-refractivity contribution in [3.05, 3.63) is 65.6 Å². The molecule has 1 aromatic carbocycles. The Hall–Kier alpha value is -2.82. The molecule has 3 rings (SSSR count). The third kappa shape index (κ3) is 2.45. The lowest BCUT2D eigenvalue weighted by atomic mass is 10.2. The molecule has 0 amide bonds. The normalized spacial score (nSPS) is 10.7. The number of nitrogens with zero attached hydrogens (tertiary/aromatic N) is 2. The van der Waals surface area contributed by atoms with Crippen LogP contribution in [0.1, 0.15) is 21.7 Å². The zero-order valence-electron chi connectivity index (χ0n) is 11.5. The van der Waals surface area contributed by atoms with E-state index >= 15 is 0 Å². The quantitative estimate of drug-likeness (QED) is 0.799. The van der Waals surface area contributed by atoms with Gasteiger partial charge in [-0.2, -0.15) is 0 Å². The van der Waals surface area contributed by atoms with E-state index in [1.165, 1.54) is 0 Å². The standard InChI is InChI=1S/C16H14N2O3/c1-11-14(16(19)20)17-15-13(8-5-9-18(11)15)21-10-12-6-3-2-4-7-12/h2-9H,10H2,1H3,(H,19,20). The molecule has 5 nitrogen and oxygen atoms in total. The van der Waals surface area contributed by atoms with Crippen molar-refractivity contribution >= 4 is 11.6 Å². The second-order valence-electron chi connectivity index (χ2n) is 4.69. The summed E-state index contributed by atoms with van der Waals surface area (Å²) in [7, 11) is 0. The Morgan fingerprint density at radius 2 is 2.00 bits per heavy atom. The number of hydrogen-bond donors (Lipinski definition) is 1. The highest BCUT2D eigenvalue weighted by Gasteiger charge is 2.17. The number of carboxylic acid groups (broad SMARTS) is 1. The molecule has 3 aromatic rings.